The van der Waals surface area contributed by atoms with Crippen LogP contribution in [0.25, 0.3) is 0 Å². The lowest BCUT2D eigenvalue weighted by Crippen LogP contribution is -2.56. The van der Waals surface area contributed by atoms with Gasteiger partial charge in [-0.05, 0) is 38.1 Å². The lowest BCUT2D eigenvalue weighted by Gasteiger charge is -2.38. The van der Waals surface area contributed by atoms with Crippen molar-refractivity contribution in [3.63, 3.8) is 0 Å². The van der Waals surface area contributed by atoms with Crippen LogP contribution in [0, 0.1) is 0 Å². The summed E-state index contributed by atoms with van der Waals surface area (Å²) in [6.45, 7) is 6.08. The van der Waals surface area contributed by atoms with E-state index in [0.717, 1.165) is 5.82 Å². The number of rotatable bonds is 5. The maximum Gasteiger partial charge on any atom is 0.266 e. The molecule has 0 unspecified atom stereocenters. The molecule has 1 aliphatic rings. The summed E-state index contributed by atoms with van der Waals surface area (Å²) < 4.78 is 11.0. The highest BCUT2D eigenvalue weighted by molar-refractivity contribution is 6.30. The smallest absolute Gasteiger partial charge is 0.266 e. The number of aromatic nitrogens is 2. The molecule has 7 nitrogen and oxygen atoms in total. The lowest BCUT2D eigenvalue weighted by molar-refractivity contribution is -0.145. The number of carbonyl (C=O) groups excluding carboxylic acids is 1. The van der Waals surface area contributed by atoms with Gasteiger partial charge in [0.25, 0.3) is 5.91 Å². The Balaban J connectivity index is 1.60. The van der Waals surface area contributed by atoms with Crippen molar-refractivity contribution in [1.29, 1.82) is 0 Å². The van der Waals surface area contributed by atoms with Gasteiger partial charge in [0.05, 0.1) is 19.5 Å². The second kappa shape index (κ2) is 8.00. The number of piperazine rings is 1. The number of nitrogens with zero attached hydrogens (tertiary/aromatic N) is 4. The second-order valence-corrected chi connectivity index (χ2v) is 7.20. The molecule has 2 heterocycles. The van der Waals surface area contributed by atoms with Crippen molar-refractivity contribution in [2.75, 3.05) is 38.2 Å². The molecule has 1 aromatic carbocycles. The zero-order valence-electron chi connectivity index (χ0n) is 15.7. The zero-order valence-corrected chi connectivity index (χ0v) is 16.4. The summed E-state index contributed by atoms with van der Waals surface area (Å²) in [5.41, 5.74) is -0.966. The van der Waals surface area contributed by atoms with Gasteiger partial charge in [0, 0.05) is 31.2 Å². The van der Waals surface area contributed by atoms with Gasteiger partial charge in [-0.15, -0.1) is 0 Å². The van der Waals surface area contributed by atoms with Gasteiger partial charge in [-0.25, -0.2) is 0 Å². The molecule has 1 amide bonds. The lowest BCUT2D eigenvalue weighted by atomic mass is 10.1. The molecule has 1 aromatic heterocycles. The van der Waals surface area contributed by atoms with Crippen LogP contribution in [0.2, 0.25) is 5.02 Å². The van der Waals surface area contributed by atoms with Crippen LogP contribution in [0.4, 0.5) is 5.82 Å². The van der Waals surface area contributed by atoms with Gasteiger partial charge in [0.1, 0.15) is 5.75 Å². The maximum absolute atomic E-state index is 12.9. The van der Waals surface area contributed by atoms with Crippen LogP contribution in [0.1, 0.15) is 13.8 Å². The predicted octanol–water partition coefficient (Wildman–Crippen LogP) is 2.64. The molecule has 0 radical (unpaired) electrons. The van der Waals surface area contributed by atoms with E-state index in [1.165, 1.54) is 0 Å². The number of benzene rings is 1. The van der Waals surface area contributed by atoms with Crippen LogP contribution < -0.4 is 14.4 Å². The first kappa shape index (κ1) is 19.2. The summed E-state index contributed by atoms with van der Waals surface area (Å²) in [6.07, 6.45) is 3.27. The molecule has 1 saturated heterocycles. The molecule has 144 valence electrons. The minimum absolute atomic E-state index is 0.0474. The number of hydrogen-bond donors (Lipinski definition) is 0. The Morgan fingerprint density at radius 3 is 2.41 bits per heavy atom. The van der Waals surface area contributed by atoms with E-state index in [-0.39, 0.29) is 5.91 Å². The molecule has 0 bridgehead atoms. The van der Waals surface area contributed by atoms with Crippen molar-refractivity contribution in [2.45, 2.75) is 19.4 Å². The van der Waals surface area contributed by atoms with E-state index in [2.05, 4.69) is 14.9 Å². The number of amides is 1. The minimum atomic E-state index is -0.966. The third-order valence-corrected chi connectivity index (χ3v) is 4.65. The molecule has 1 aliphatic heterocycles. The normalized spacial score (nSPS) is 14.8. The third kappa shape index (κ3) is 4.60. The minimum Gasteiger partial charge on any atom is -0.480 e. The van der Waals surface area contributed by atoms with Crippen LogP contribution in [-0.2, 0) is 4.79 Å². The van der Waals surface area contributed by atoms with Crippen LogP contribution in [0.15, 0.2) is 36.7 Å². The van der Waals surface area contributed by atoms with Crippen molar-refractivity contribution in [1.82, 2.24) is 14.9 Å². The number of methoxy groups -OCH3 is 1. The number of halogens is 1. The molecule has 0 aliphatic carbocycles. The van der Waals surface area contributed by atoms with Crippen molar-refractivity contribution in [3.05, 3.63) is 41.7 Å². The van der Waals surface area contributed by atoms with Crippen molar-refractivity contribution in [2.24, 2.45) is 0 Å². The van der Waals surface area contributed by atoms with E-state index in [1.54, 1.807) is 57.6 Å². The van der Waals surface area contributed by atoms with E-state index < -0.39 is 5.60 Å². The molecular weight excluding hydrogens is 368 g/mol. The Morgan fingerprint density at radius 2 is 1.78 bits per heavy atom. The fraction of sp³-hybridized carbons (Fsp3) is 0.421. The topological polar surface area (TPSA) is 67.8 Å². The monoisotopic (exact) mass is 390 g/mol. The number of anilines is 1. The first-order valence-electron chi connectivity index (χ1n) is 8.74. The quantitative estimate of drug-likeness (QED) is 0.781. The predicted molar refractivity (Wildman–Crippen MR) is 104 cm³/mol. The third-order valence-electron chi connectivity index (χ3n) is 4.40. The summed E-state index contributed by atoms with van der Waals surface area (Å²) in [5.74, 6) is 1.79. The van der Waals surface area contributed by atoms with Gasteiger partial charge in [-0.1, -0.05) is 11.6 Å². The zero-order chi connectivity index (χ0) is 19.4. The fourth-order valence-corrected chi connectivity index (χ4v) is 3.08. The van der Waals surface area contributed by atoms with Gasteiger partial charge in [0.2, 0.25) is 5.88 Å². The summed E-state index contributed by atoms with van der Waals surface area (Å²) in [5, 5.41) is 0.628. The molecule has 3 rings (SSSR count). The van der Waals surface area contributed by atoms with Crippen LogP contribution in [0.5, 0.6) is 11.6 Å². The Labute approximate surface area is 163 Å². The van der Waals surface area contributed by atoms with Gasteiger partial charge >= 0.3 is 0 Å². The average Bonchev–Trinajstić information content (AvgIpc) is 2.69. The highest BCUT2D eigenvalue weighted by Gasteiger charge is 2.36. The van der Waals surface area contributed by atoms with Crippen molar-refractivity contribution in [3.8, 4) is 11.6 Å². The first-order chi connectivity index (χ1) is 12.9. The molecule has 0 atom stereocenters. The molecule has 0 spiro atoms. The number of hydrogen-bond acceptors (Lipinski definition) is 6. The Kier molecular flexibility index (Phi) is 5.70. The summed E-state index contributed by atoms with van der Waals surface area (Å²) in [7, 11) is 1.56. The molecule has 1 fully saturated rings. The highest BCUT2D eigenvalue weighted by atomic mass is 35.5. The van der Waals surface area contributed by atoms with Gasteiger partial charge in [-0.3, -0.25) is 9.78 Å². The SMILES string of the molecule is COc1cncc(N2CCN(C(=O)C(C)(C)Oc3ccc(Cl)cc3)CC2)n1. The summed E-state index contributed by atoms with van der Waals surface area (Å²) in [6, 6.07) is 7.00. The molecule has 27 heavy (non-hydrogen) atoms. The van der Waals surface area contributed by atoms with Crippen molar-refractivity contribution < 1.29 is 14.3 Å². The number of carbonyl (C=O) groups is 1. The van der Waals surface area contributed by atoms with Gasteiger partial charge in [0.15, 0.2) is 11.4 Å². The van der Waals surface area contributed by atoms with E-state index in [9.17, 15) is 4.79 Å². The van der Waals surface area contributed by atoms with Crippen molar-refractivity contribution >= 4 is 23.3 Å². The molecule has 0 saturated carbocycles. The maximum atomic E-state index is 12.9. The first-order valence-corrected chi connectivity index (χ1v) is 9.12. The van der Waals surface area contributed by atoms with E-state index >= 15 is 0 Å². The van der Waals surface area contributed by atoms with E-state index in [1.807, 2.05) is 4.90 Å². The molecular formula is C19H23ClN4O3. The standard InChI is InChI=1S/C19H23ClN4O3/c1-19(2,27-15-6-4-14(20)5-7-15)18(25)24-10-8-23(9-11-24)16-12-21-13-17(22-16)26-3/h4-7,12-13H,8-11H2,1-3H3. The Hall–Kier alpha value is -2.54. The van der Waals surface area contributed by atoms with Crippen LogP contribution in [0.3, 0.4) is 0 Å². The second-order valence-electron chi connectivity index (χ2n) is 6.77. The summed E-state index contributed by atoms with van der Waals surface area (Å²) in [4.78, 5) is 25.4. The Bertz CT molecular complexity index is 790. The number of ether oxygens (including phenoxy) is 2. The van der Waals surface area contributed by atoms with Gasteiger partial charge in [-0.2, -0.15) is 4.98 Å². The molecule has 2 aromatic rings. The Morgan fingerprint density at radius 1 is 1.11 bits per heavy atom. The largest absolute Gasteiger partial charge is 0.480 e. The van der Waals surface area contributed by atoms with E-state index in [0.29, 0.717) is 42.8 Å². The fourth-order valence-electron chi connectivity index (χ4n) is 2.95. The van der Waals surface area contributed by atoms with E-state index in [4.69, 9.17) is 21.1 Å². The molecule has 0 N–H and O–H groups in total. The van der Waals surface area contributed by atoms with Gasteiger partial charge < -0.3 is 19.3 Å². The average molecular weight is 391 g/mol. The highest BCUT2D eigenvalue weighted by Crippen LogP contribution is 2.23. The molecule has 8 heteroatoms. The van der Waals surface area contributed by atoms with Crippen LogP contribution in [-0.4, -0.2) is 59.7 Å². The van der Waals surface area contributed by atoms with Crippen LogP contribution >= 0.6 is 11.6 Å². The summed E-state index contributed by atoms with van der Waals surface area (Å²) >= 11 is 5.90.